The maximum Gasteiger partial charge on any atom is 0.0847 e. The molecule has 0 bridgehead atoms. The van der Waals surface area contributed by atoms with Crippen LogP contribution in [0.2, 0.25) is 10.0 Å². The molecule has 1 aromatic carbocycles. The molecule has 15 heavy (non-hydrogen) atoms. The summed E-state index contributed by atoms with van der Waals surface area (Å²) in [6.45, 7) is 0.801. The van der Waals surface area contributed by atoms with Crippen molar-refractivity contribution in [3.63, 3.8) is 0 Å². The summed E-state index contributed by atoms with van der Waals surface area (Å²) in [6.07, 6.45) is 2.19. The number of ether oxygens (including phenoxy) is 1. The highest BCUT2D eigenvalue weighted by Gasteiger charge is 2.25. The largest absolute Gasteiger partial charge is 0.376 e. The zero-order valence-electron chi connectivity index (χ0n) is 8.05. The Balaban J connectivity index is 2.17. The van der Waals surface area contributed by atoms with E-state index in [9.17, 15) is 0 Å². The Bertz CT molecular complexity index is 348. The molecule has 2 rings (SSSR count). The number of hydrogen-bond donors (Lipinski definition) is 0. The smallest absolute Gasteiger partial charge is 0.0847 e. The predicted molar refractivity (Wildman–Crippen MR) is 64.0 cm³/mol. The highest BCUT2D eigenvalue weighted by atomic mass is 35.5. The summed E-state index contributed by atoms with van der Waals surface area (Å²) < 4.78 is 5.53. The zero-order valence-corrected chi connectivity index (χ0v) is 10.3. The van der Waals surface area contributed by atoms with Crippen LogP contribution in [0.1, 0.15) is 23.8 Å². The fourth-order valence-electron chi connectivity index (χ4n) is 1.73. The second-order valence-electron chi connectivity index (χ2n) is 3.63. The van der Waals surface area contributed by atoms with Crippen LogP contribution >= 0.6 is 34.8 Å². The van der Waals surface area contributed by atoms with E-state index in [1.54, 1.807) is 6.07 Å². The van der Waals surface area contributed by atoms with Crippen LogP contribution < -0.4 is 0 Å². The molecule has 0 amide bonds. The molecular formula is C11H11Cl3O. The molecule has 1 fully saturated rings. The molecule has 1 aliphatic rings. The fourth-order valence-corrected chi connectivity index (χ4v) is 2.37. The molecule has 1 saturated heterocycles. The van der Waals surface area contributed by atoms with Gasteiger partial charge in [0.05, 0.1) is 21.5 Å². The topological polar surface area (TPSA) is 9.23 Å². The van der Waals surface area contributed by atoms with Gasteiger partial charge in [-0.2, -0.15) is 0 Å². The molecule has 2 unspecified atom stereocenters. The summed E-state index contributed by atoms with van der Waals surface area (Å²) in [5.41, 5.74) is 0.970. The van der Waals surface area contributed by atoms with Crippen LogP contribution in [0.25, 0.3) is 0 Å². The summed E-state index contributed by atoms with van der Waals surface area (Å²) in [5.74, 6) is 0. The Morgan fingerprint density at radius 3 is 2.67 bits per heavy atom. The lowest BCUT2D eigenvalue weighted by molar-refractivity contribution is 0.107. The fraction of sp³-hybridized carbons (Fsp3) is 0.455. The van der Waals surface area contributed by atoms with Crippen molar-refractivity contribution in [1.82, 2.24) is 0 Å². The van der Waals surface area contributed by atoms with E-state index in [1.807, 2.05) is 12.1 Å². The van der Waals surface area contributed by atoms with Crippen molar-refractivity contribution in [1.29, 1.82) is 0 Å². The van der Waals surface area contributed by atoms with Gasteiger partial charge in [-0.1, -0.05) is 29.3 Å². The Morgan fingerprint density at radius 1 is 1.27 bits per heavy atom. The lowest BCUT2D eigenvalue weighted by Gasteiger charge is -2.17. The van der Waals surface area contributed by atoms with Crippen LogP contribution in [-0.4, -0.2) is 12.7 Å². The van der Waals surface area contributed by atoms with Crippen molar-refractivity contribution in [2.45, 2.75) is 24.3 Å². The Labute approximate surface area is 104 Å². The van der Waals surface area contributed by atoms with E-state index < -0.39 is 0 Å². The Kier molecular flexibility index (Phi) is 3.78. The van der Waals surface area contributed by atoms with E-state index in [0.29, 0.717) is 10.0 Å². The second kappa shape index (κ2) is 4.92. The van der Waals surface area contributed by atoms with Gasteiger partial charge in [0.2, 0.25) is 0 Å². The zero-order chi connectivity index (χ0) is 10.8. The molecule has 0 saturated carbocycles. The minimum atomic E-state index is -0.137. The van der Waals surface area contributed by atoms with Gasteiger partial charge in [-0.3, -0.25) is 0 Å². The Morgan fingerprint density at radius 2 is 2.07 bits per heavy atom. The molecule has 1 heterocycles. The molecule has 4 heteroatoms. The third-order valence-electron chi connectivity index (χ3n) is 2.55. The minimum Gasteiger partial charge on any atom is -0.376 e. The van der Waals surface area contributed by atoms with Gasteiger partial charge in [0.1, 0.15) is 0 Å². The van der Waals surface area contributed by atoms with E-state index in [2.05, 4.69) is 0 Å². The van der Waals surface area contributed by atoms with Crippen LogP contribution in [0.4, 0.5) is 0 Å². The number of hydrogen-bond acceptors (Lipinski definition) is 1. The summed E-state index contributed by atoms with van der Waals surface area (Å²) in [7, 11) is 0. The van der Waals surface area contributed by atoms with Crippen LogP contribution in [0.5, 0.6) is 0 Å². The molecule has 0 aliphatic carbocycles. The molecule has 0 spiro atoms. The first-order valence-electron chi connectivity index (χ1n) is 4.89. The van der Waals surface area contributed by atoms with Gasteiger partial charge in [0.25, 0.3) is 0 Å². The van der Waals surface area contributed by atoms with Gasteiger partial charge in [0.15, 0.2) is 0 Å². The maximum atomic E-state index is 6.31. The number of halogens is 3. The summed E-state index contributed by atoms with van der Waals surface area (Å²) in [5, 5.41) is 0.955. The summed E-state index contributed by atoms with van der Waals surface area (Å²) in [6, 6.07) is 5.47. The van der Waals surface area contributed by atoms with E-state index in [1.165, 1.54) is 0 Å². The van der Waals surface area contributed by atoms with Crippen LogP contribution in [-0.2, 0) is 4.74 Å². The monoisotopic (exact) mass is 264 g/mol. The van der Waals surface area contributed by atoms with E-state index in [0.717, 1.165) is 25.0 Å². The van der Waals surface area contributed by atoms with Gasteiger partial charge in [0, 0.05) is 6.61 Å². The molecular weight excluding hydrogens is 254 g/mol. The molecule has 1 aromatic rings. The first-order chi connectivity index (χ1) is 7.18. The van der Waals surface area contributed by atoms with Crippen molar-refractivity contribution in [3.8, 4) is 0 Å². The predicted octanol–water partition coefficient (Wildman–Crippen LogP) is 4.45. The van der Waals surface area contributed by atoms with Gasteiger partial charge in [-0.15, -0.1) is 11.6 Å². The number of benzene rings is 1. The Hall–Kier alpha value is 0.0500. The third-order valence-corrected chi connectivity index (χ3v) is 3.83. The van der Waals surface area contributed by atoms with Crippen LogP contribution in [0, 0.1) is 0 Å². The number of alkyl halides is 1. The second-order valence-corrected chi connectivity index (χ2v) is 4.91. The average Bonchev–Trinajstić information content (AvgIpc) is 2.74. The molecule has 2 atom stereocenters. The van der Waals surface area contributed by atoms with Crippen molar-refractivity contribution in [2.75, 3.05) is 6.61 Å². The molecule has 1 nitrogen and oxygen atoms in total. The SMILES string of the molecule is Clc1ccc(C(Cl)C2CCCO2)cc1Cl. The number of rotatable bonds is 2. The van der Waals surface area contributed by atoms with Gasteiger partial charge >= 0.3 is 0 Å². The van der Waals surface area contributed by atoms with Crippen molar-refractivity contribution in [3.05, 3.63) is 33.8 Å². The summed E-state index contributed by atoms with van der Waals surface area (Å²) in [4.78, 5) is 0. The lowest BCUT2D eigenvalue weighted by Crippen LogP contribution is -2.12. The van der Waals surface area contributed by atoms with Crippen molar-refractivity contribution in [2.24, 2.45) is 0 Å². The van der Waals surface area contributed by atoms with E-state index in [-0.39, 0.29) is 11.5 Å². The van der Waals surface area contributed by atoms with Crippen molar-refractivity contribution >= 4 is 34.8 Å². The van der Waals surface area contributed by atoms with Crippen molar-refractivity contribution < 1.29 is 4.74 Å². The first kappa shape index (κ1) is 11.5. The molecule has 82 valence electrons. The van der Waals surface area contributed by atoms with Crippen LogP contribution in [0.15, 0.2) is 18.2 Å². The highest BCUT2D eigenvalue weighted by molar-refractivity contribution is 6.42. The minimum absolute atomic E-state index is 0.101. The lowest BCUT2D eigenvalue weighted by atomic mass is 10.1. The highest BCUT2D eigenvalue weighted by Crippen LogP contribution is 2.34. The van der Waals surface area contributed by atoms with E-state index >= 15 is 0 Å². The molecule has 1 aliphatic heterocycles. The molecule has 0 N–H and O–H groups in total. The van der Waals surface area contributed by atoms with E-state index in [4.69, 9.17) is 39.5 Å². The summed E-state index contributed by atoms with van der Waals surface area (Å²) >= 11 is 18.1. The molecule has 0 aromatic heterocycles. The van der Waals surface area contributed by atoms with Gasteiger partial charge in [-0.05, 0) is 30.5 Å². The van der Waals surface area contributed by atoms with Gasteiger partial charge in [-0.25, -0.2) is 0 Å². The maximum absolute atomic E-state index is 6.31. The van der Waals surface area contributed by atoms with Gasteiger partial charge < -0.3 is 4.74 Å². The molecule has 0 radical (unpaired) electrons. The average molecular weight is 266 g/mol. The first-order valence-corrected chi connectivity index (χ1v) is 6.08. The third kappa shape index (κ3) is 2.59. The van der Waals surface area contributed by atoms with Crippen LogP contribution in [0.3, 0.4) is 0 Å². The standard InChI is InChI=1S/C11H11Cl3O/c12-8-4-3-7(6-9(8)13)11(14)10-2-1-5-15-10/h3-4,6,10-11H,1-2,5H2. The quantitative estimate of drug-likeness (QED) is 0.718. The normalized spacial score (nSPS) is 23.0.